The van der Waals surface area contributed by atoms with E-state index in [0.29, 0.717) is 0 Å². The van der Waals surface area contributed by atoms with Crippen molar-refractivity contribution in [2.24, 2.45) is 10.7 Å². The smallest absolute Gasteiger partial charge is 0.339 e. The van der Waals surface area contributed by atoms with Crippen LogP contribution in [0.25, 0.3) is 5.70 Å². The molecule has 7 nitrogen and oxygen atoms in total. The van der Waals surface area contributed by atoms with Gasteiger partial charge in [-0.05, 0) is 0 Å². The van der Waals surface area contributed by atoms with Gasteiger partial charge in [0.05, 0.1) is 10.6 Å². The highest BCUT2D eigenvalue weighted by molar-refractivity contribution is 6.14. The Morgan fingerprint density at radius 1 is 1.56 bits per heavy atom. The first-order chi connectivity index (χ1) is 8.47. The molecule has 0 aliphatic rings. The van der Waals surface area contributed by atoms with Crippen LogP contribution in [0.1, 0.15) is 5.56 Å². The minimum Gasteiger partial charge on any atom is -0.478 e. The topological polar surface area (TPSA) is 119 Å². The van der Waals surface area contributed by atoms with Gasteiger partial charge in [-0.2, -0.15) is 0 Å². The molecule has 0 atom stereocenters. The number of nitro benzene ring substituents is 1. The number of nitrogens with two attached hydrogens (primary N) is 1. The molecule has 0 saturated heterocycles. The van der Waals surface area contributed by atoms with Gasteiger partial charge < -0.3 is 10.8 Å². The molecule has 7 heteroatoms. The summed E-state index contributed by atoms with van der Waals surface area (Å²) >= 11 is 0. The summed E-state index contributed by atoms with van der Waals surface area (Å²) in [6.45, 7) is 0. The Bertz CT molecular complexity index is 549. The molecule has 3 N–H and O–H groups in total. The molecular formula is C11H11N3O4. The molecule has 0 aliphatic heterocycles. The van der Waals surface area contributed by atoms with Crippen LogP contribution in [-0.2, 0) is 4.79 Å². The molecule has 0 bridgehead atoms. The monoisotopic (exact) mass is 249 g/mol. The van der Waals surface area contributed by atoms with E-state index in [0.717, 1.165) is 6.21 Å². The van der Waals surface area contributed by atoms with Gasteiger partial charge in [0.2, 0.25) is 0 Å². The zero-order chi connectivity index (χ0) is 13.7. The van der Waals surface area contributed by atoms with Gasteiger partial charge in [0.15, 0.2) is 0 Å². The zero-order valence-corrected chi connectivity index (χ0v) is 9.53. The SMILES string of the molecule is CN=C/C(C(=O)O)=C(\N)c1cccc([N+](=O)[O-])c1. The van der Waals surface area contributed by atoms with Crippen molar-refractivity contribution >= 4 is 23.6 Å². The summed E-state index contributed by atoms with van der Waals surface area (Å²) in [6, 6.07) is 5.44. The molecule has 0 aliphatic carbocycles. The van der Waals surface area contributed by atoms with E-state index >= 15 is 0 Å². The molecule has 0 unspecified atom stereocenters. The van der Waals surface area contributed by atoms with Crippen LogP contribution in [0, 0.1) is 10.1 Å². The molecule has 1 aromatic rings. The first-order valence-corrected chi connectivity index (χ1v) is 4.87. The van der Waals surface area contributed by atoms with Crippen molar-refractivity contribution < 1.29 is 14.8 Å². The maximum atomic E-state index is 11.0. The lowest BCUT2D eigenvalue weighted by atomic mass is 10.1. The van der Waals surface area contributed by atoms with Crippen molar-refractivity contribution in [3.8, 4) is 0 Å². The van der Waals surface area contributed by atoms with Crippen LogP contribution in [0.4, 0.5) is 5.69 Å². The van der Waals surface area contributed by atoms with Crippen LogP contribution in [0.5, 0.6) is 0 Å². The lowest BCUT2D eigenvalue weighted by molar-refractivity contribution is -0.384. The van der Waals surface area contributed by atoms with Gasteiger partial charge in [-0.1, -0.05) is 12.1 Å². The Labute approximate surface area is 102 Å². The summed E-state index contributed by atoms with van der Waals surface area (Å²) in [5.74, 6) is -1.25. The maximum absolute atomic E-state index is 11.0. The van der Waals surface area contributed by atoms with Gasteiger partial charge in [-0.25, -0.2) is 4.79 Å². The van der Waals surface area contributed by atoms with Crippen LogP contribution in [0.3, 0.4) is 0 Å². The maximum Gasteiger partial charge on any atom is 0.339 e. The van der Waals surface area contributed by atoms with Gasteiger partial charge in [0.25, 0.3) is 5.69 Å². The summed E-state index contributed by atoms with van der Waals surface area (Å²) < 4.78 is 0. The Kier molecular flexibility index (Phi) is 4.14. The normalized spacial score (nSPS) is 12.3. The molecule has 0 saturated carbocycles. The van der Waals surface area contributed by atoms with E-state index in [1.807, 2.05) is 0 Å². The summed E-state index contributed by atoms with van der Waals surface area (Å²) in [5, 5.41) is 19.6. The number of aliphatic carboxylic acids is 1. The molecule has 0 radical (unpaired) electrons. The standard InChI is InChI=1S/C11H11N3O4/c1-13-6-9(11(15)16)10(12)7-3-2-4-8(5-7)14(17)18/h2-6H,12H2,1H3,(H,15,16)/b10-9+,13-6?. The summed E-state index contributed by atoms with van der Waals surface area (Å²) in [5.41, 5.74) is 5.50. The van der Waals surface area contributed by atoms with Crippen LogP contribution >= 0.6 is 0 Å². The number of rotatable bonds is 4. The molecule has 0 heterocycles. The average molecular weight is 249 g/mol. The quantitative estimate of drug-likeness (QED) is 0.357. The third-order valence-electron chi connectivity index (χ3n) is 2.15. The Morgan fingerprint density at radius 3 is 2.72 bits per heavy atom. The number of carbonyl (C=O) groups is 1. The van der Waals surface area contributed by atoms with Crippen LogP contribution in [-0.4, -0.2) is 29.3 Å². The summed E-state index contributed by atoms with van der Waals surface area (Å²) in [4.78, 5) is 24.6. The molecule has 18 heavy (non-hydrogen) atoms. The third-order valence-corrected chi connectivity index (χ3v) is 2.15. The highest BCUT2D eigenvalue weighted by Crippen LogP contribution is 2.19. The fourth-order valence-electron chi connectivity index (χ4n) is 1.31. The molecular weight excluding hydrogens is 238 g/mol. The Morgan fingerprint density at radius 2 is 2.22 bits per heavy atom. The van der Waals surface area contributed by atoms with E-state index in [-0.39, 0.29) is 22.5 Å². The second-order valence-corrected chi connectivity index (χ2v) is 3.33. The van der Waals surface area contributed by atoms with E-state index in [1.54, 1.807) is 0 Å². The van der Waals surface area contributed by atoms with Gasteiger partial charge in [0.1, 0.15) is 5.57 Å². The Balaban J connectivity index is 3.35. The van der Waals surface area contributed by atoms with Crippen molar-refractivity contribution in [1.82, 2.24) is 0 Å². The van der Waals surface area contributed by atoms with E-state index in [1.165, 1.54) is 31.3 Å². The average Bonchev–Trinajstić information content (AvgIpc) is 2.35. The third kappa shape index (κ3) is 2.91. The number of hydrogen-bond acceptors (Lipinski definition) is 5. The molecule has 0 spiro atoms. The van der Waals surface area contributed by atoms with Crippen molar-refractivity contribution in [3.05, 3.63) is 45.5 Å². The Hall–Kier alpha value is -2.70. The molecule has 0 fully saturated rings. The number of aliphatic imine (C=N–C) groups is 1. The van der Waals surface area contributed by atoms with Crippen LogP contribution in [0.2, 0.25) is 0 Å². The van der Waals surface area contributed by atoms with E-state index < -0.39 is 10.9 Å². The van der Waals surface area contributed by atoms with Gasteiger partial charge >= 0.3 is 5.97 Å². The van der Waals surface area contributed by atoms with Crippen molar-refractivity contribution in [2.75, 3.05) is 7.05 Å². The number of carboxylic acid groups (broad SMARTS) is 1. The fourth-order valence-corrected chi connectivity index (χ4v) is 1.31. The lowest BCUT2D eigenvalue weighted by Crippen LogP contribution is -2.11. The van der Waals surface area contributed by atoms with Gasteiger partial charge in [0, 0.05) is 31.0 Å². The lowest BCUT2D eigenvalue weighted by Gasteiger charge is -2.04. The first kappa shape index (κ1) is 13.4. The second kappa shape index (κ2) is 5.58. The van der Waals surface area contributed by atoms with E-state index in [4.69, 9.17) is 10.8 Å². The second-order valence-electron chi connectivity index (χ2n) is 3.33. The van der Waals surface area contributed by atoms with Crippen molar-refractivity contribution in [2.45, 2.75) is 0 Å². The number of hydrogen-bond donors (Lipinski definition) is 2. The largest absolute Gasteiger partial charge is 0.478 e. The number of carboxylic acids is 1. The molecule has 94 valence electrons. The first-order valence-electron chi connectivity index (χ1n) is 4.87. The highest BCUT2D eigenvalue weighted by Gasteiger charge is 2.14. The zero-order valence-electron chi connectivity index (χ0n) is 9.53. The van der Waals surface area contributed by atoms with Gasteiger partial charge in [-0.15, -0.1) is 0 Å². The number of non-ortho nitro benzene ring substituents is 1. The highest BCUT2D eigenvalue weighted by atomic mass is 16.6. The summed E-state index contributed by atoms with van der Waals surface area (Å²) in [7, 11) is 1.41. The van der Waals surface area contributed by atoms with Crippen LogP contribution in [0.15, 0.2) is 34.8 Å². The predicted molar refractivity (Wildman–Crippen MR) is 66.3 cm³/mol. The molecule has 1 aromatic carbocycles. The van der Waals surface area contributed by atoms with E-state index in [2.05, 4.69) is 4.99 Å². The number of nitrogens with zero attached hydrogens (tertiary/aromatic N) is 2. The fraction of sp³-hybridized carbons (Fsp3) is 0.0909. The molecule has 0 aromatic heterocycles. The van der Waals surface area contributed by atoms with Crippen molar-refractivity contribution in [1.29, 1.82) is 0 Å². The minimum absolute atomic E-state index is 0.0724. The molecule has 1 rings (SSSR count). The van der Waals surface area contributed by atoms with Crippen molar-refractivity contribution in [3.63, 3.8) is 0 Å². The minimum atomic E-state index is -1.25. The van der Waals surface area contributed by atoms with Crippen LogP contribution < -0.4 is 5.73 Å². The predicted octanol–water partition coefficient (Wildman–Crippen LogP) is 1.05. The van der Waals surface area contributed by atoms with Gasteiger partial charge in [-0.3, -0.25) is 15.1 Å². The molecule has 0 amide bonds. The van der Waals surface area contributed by atoms with E-state index in [9.17, 15) is 14.9 Å². The number of benzene rings is 1. The number of nitro groups is 1. The summed E-state index contributed by atoms with van der Waals surface area (Å²) in [6.07, 6.45) is 1.09.